The molecule has 32 heavy (non-hydrogen) atoms. The Morgan fingerprint density at radius 2 is 1.94 bits per heavy atom. The molecule has 0 saturated carbocycles. The van der Waals surface area contributed by atoms with Gasteiger partial charge in [0, 0.05) is 24.4 Å². The molecule has 1 aliphatic rings. The van der Waals surface area contributed by atoms with Crippen LogP contribution in [0.4, 0.5) is 5.69 Å². The molecule has 5 atom stereocenters. The highest BCUT2D eigenvalue weighted by molar-refractivity contribution is 7.47. The van der Waals surface area contributed by atoms with Crippen molar-refractivity contribution in [2.45, 2.75) is 24.5 Å². The van der Waals surface area contributed by atoms with Gasteiger partial charge in [-0.1, -0.05) is 0 Å². The lowest BCUT2D eigenvalue weighted by Gasteiger charge is -2.22. The van der Waals surface area contributed by atoms with Gasteiger partial charge >= 0.3 is 13.5 Å². The molecule has 2 heterocycles. The molecule has 0 amide bonds. The first-order valence-electron chi connectivity index (χ1n) is 8.90. The van der Waals surface area contributed by atoms with E-state index in [-0.39, 0.29) is 11.4 Å². The van der Waals surface area contributed by atoms with Gasteiger partial charge in [0.05, 0.1) is 11.5 Å². The van der Waals surface area contributed by atoms with Crippen molar-refractivity contribution >= 4 is 13.5 Å². The Morgan fingerprint density at radius 3 is 2.53 bits per heavy atom. The van der Waals surface area contributed by atoms with Gasteiger partial charge in [-0.15, -0.1) is 0 Å². The SMILES string of the molecule is O=c1ccn([C@@H]2O[C@H](CO)[C@@H](OP(=O)(O)OCOc3ccc([N+](=O)[O-])cc3)[C@H]2O)c(=O)[nH]1. The van der Waals surface area contributed by atoms with Crippen molar-refractivity contribution in [3.8, 4) is 5.75 Å². The normalized spacial score (nSPS) is 24.7. The molecular weight excluding hydrogens is 457 g/mol. The maximum atomic E-state index is 12.2. The zero-order valence-electron chi connectivity index (χ0n) is 16.0. The van der Waals surface area contributed by atoms with Crippen molar-refractivity contribution in [3.63, 3.8) is 0 Å². The van der Waals surface area contributed by atoms with Crippen LogP contribution < -0.4 is 16.0 Å². The Balaban J connectivity index is 1.63. The van der Waals surface area contributed by atoms with Gasteiger partial charge in [0.15, 0.2) is 13.0 Å². The highest BCUT2D eigenvalue weighted by Crippen LogP contribution is 2.48. The van der Waals surface area contributed by atoms with E-state index in [1.807, 2.05) is 4.98 Å². The van der Waals surface area contributed by atoms with Crippen LogP contribution in [0.25, 0.3) is 0 Å². The molecule has 4 N–H and O–H groups in total. The molecular formula is C16H18N3O12P. The van der Waals surface area contributed by atoms with Crippen LogP contribution in [0.15, 0.2) is 46.1 Å². The lowest BCUT2D eigenvalue weighted by molar-refractivity contribution is -0.384. The van der Waals surface area contributed by atoms with Gasteiger partial charge < -0.3 is 24.6 Å². The number of rotatable bonds is 9. The predicted molar refractivity (Wildman–Crippen MR) is 103 cm³/mol. The van der Waals surface area contributed by atoms with Crippen molar-refractivity contribution in [3.05, 3.63) is 67.5 Å². The van der Waals surface area contributed by atoms with Gasteiger partial charge in [0.2, 0.25) is 0 Å². The number of hydrogen-bond donors (Lipinski definition) is 4. The number of nitrogens with one attached hydrogen (secondary N) is 1. The molecule has 1 fully saturated rings. The minimum absolute atomic E-state index is 0.102. The maximum absolute atomic E-state index is 12.2. The van der Waals surface area contributed by atoms with Gasteiger partial charge in [-0.25, -0.2) is 13.9 Å². The number of non-ortho nitro benzene ring substituents is 1. The van der Waals surface area contributed by atoms with Crippen molar-refractivity contribution in [2.75, 3.05) is 13.4 Å². The molecule has 3 rings (SSSR count). The Labute approximate surface area is 178 Å². The second kappa shape index (κ2) is 9.70. The van der Waals surface area contributed by atoms with E-state index in [9.17, 15) is 39.4 Å². The van der Waals surface area contributed by atoms with E-state index in [0.29, 0.717) is 0 Å². The third-order valence-corrected chi connectivity index (χ3v) is 5.30. The fourth-order valence-electron chi connectivity index (χ4n) is 2.86. The van der Waals surface area contributed by atoms with Crippen LogP contribution in [0.1, 0.15) is 6.23 Å². The number of phosphoric acid groups is 1. The minimum Gasteiger partial charge on any atom is -0.467 e. The molecule has 1 aliphatic heterocycles. The van der Waals surface area contributed by atoms with E-state index < -0.39 is 61.9 Å². The Hall–Kier alpha value is -2.91. The number of ether oxygens (including phenoxy) is 2. The molecule has 1 aromatic carbocycles. The molecule has 1 unspecified atom stereocenters. The number of H-pyrrole nitrogens is 1. The summed E-state index contributed by atoms with van der Waals surface area (Å²) in [6.07, 6.45) is -4.99. The summed E-state index contributed by atoms with van der Waals surface area (Å²) >= 11 is 0. The van der Waals surface area contributed by atoms with Gasteiger partial charge in [-0.2, -0.15) is 0 Å². The molecule has 174 valence electrons. The monoisotopic (exact) mass is 475 g/mol. The summed E-state index contributed by atoms with van der Waals surface area (Å²) in [4.78, 5) is 45.0. The molecule has 0 aliphatic carbocycles. The molecule has 1 saturated heterocycles. The summed E-state index contributed by atoms with van der Waals surface area (Å²) < 4.78 is 33.0. The Morgan fingerprint density at radius 1 is 1.25 bits per heavy atom. The predicted octanol–water partition coefficient (Wildman–Crippen LogP) is -0.766. The third kappa shape index (κ3) is 5.46. The standard InChI is InChI=1S/C16H18N3O12P/c20-7-11-14(13(22)15(30-11)18-6-5-12(21)17-16(18)23)31-32(26,27)29-8-28-10-3-1-9(2-4-10)19(24)25/h1-6,11,13-15,20,22H,7-8H2,(H,26,27)(H,17,21,23)/t11-,13-,14-,15-/m1/s1. The van der Waals surface area contributed by atoms with Crippen molar-refractivity contribution in [1.82, 2.24) is 9.55 Å². The summed E-state index contributed by atoms with van der Waals surface area (Å²) in [6.45, 7) is -1.53. The van der Waals surface area contributed by atoms with Crippen LogP contribution in [0.3, 0.4) is 0 Å². The zero-order valence-corrected chi connectivity index (χ0v) is 16.9. The first-order valence-corrected chi connectivity index (χ1v) is 10.4. The maximum Gasteiger partial charge on any atom is 0.475 e. The summed E-state index contributed by atoms with van der Waals surface area (Å²) in [5.41, 5.74) is -1.79. The van der Waals surface area contributed by atoms with E-state index >= 15 is 0 Å². The van der Waals surface area contributed by atoms with Crippen LogP contribution in [0, 0.1) is 10.1 Å². The smallest absolute Gasteiger partial charge is 0.467 e. The molecule has 1 aromatic heterocycles. The molecule has 15 nitrogen and oxygen atoms in total. The molecule has 16 heteroatoms. The fourth-order valence-corrected chi connectivity index (χ4v) is 3.68. The first kappa shape index (κ1) is 23.7. The number of aromatic nitrogens is 2. The fraction of sp³-hybridized carbons (Fsp3) is 0.375. The van der Waals surface area contributed by atoms with Crippen LogP contribution in [-0.4, -0.2) is 61.3 Å². The van der Waals surface area contributed by atoms with Crippen LogP contribution in [0.2, 0.25) is 0 Å². The molecule has 2 aromatic rings. The third-order valence-electron chi connectivity index (χ3n) is 4.36. The van der Waals surface area contributed by atoms with E-state index in [4.69, 9.17) is 14.0 Å². The largest absolute Gasteiger partial charge is 0.475 e. The lowest BCUT2D eigenvalue weighted by Crippen LogP contribution is -2.38. The highest BCUT2D eigenvalue weighted by Gasteiger charge is 2.49. The van der Waals surface area contributed by atoms with E-state index in [1.165, 1.54) is 12.1 Å². The Kier molecular flexibility index (Phi) is 7.20. The van der Waals surface area contributed by atoms with Crippen LogP contribution in [0.5, 0.6) is 5.75 Å². The second-order valence-corrected chi connectivity index (χ2v) is 7.84. The molecule has 0 spiro atoms. The van der Waals surface area contributed by atoms with Gasteiger partial charge in [-0.3, -0.25) is 29.0 Å². The number of nitro benzene ring substituents is 1. The summed E-state index contributed by atoms with van der Waals surface area (Å²) in [5.74, 6) is 0.102. The zero-order chi connectivity index (χ0) is 23.5. The molecule has 0 bridgehead atoms. The van der Waals surface area contributed by atoms with Crippen molar-refractivity contribution in [1.29, 1.82) is 0 Å². The number of phosphoric ester groups is 1. The minimum atomic E-state index is -4.86. The summed E-state index contributed by atoms with van der Waals surface area (Å²) in [6, 6.07) is 5.79. The van der Waals surface area contributed by atoms with E-state index in [2.05, 4.69) is 4.52 Å². The average Bonchev–Trinajstić information content (AvgIpc) is 3.03. The van der Waals surface area contributed by atoms with Gasteiger partial charge in [0.25, 0.3) is 11.2 Å². The van der Waals surface area contributed by atoms with Crippen molar-refractivity contribution < 1.29 is 43.1 Å². The number of hydrogen-bond acceptors (Lipinski definition) is 11. The second-order valence-electron chi connectivity index (χ2n) is 6.44. The van der Waals surface area contributed by atoms with Crippen molar-refractivity contribution in [2.24, 2.45) is 0 Å². The van der Waals surface area contributed by atoms with Crippen LogP contribution >= 0.6 is 7.82 Å². The van der Waals surface area contributed by atoms with E-state index in [1.54, 1.807) is 0 Å². The summed E-state index contributed by atoms with van der Waals surface area (Å²) in [7, 11) is -4.86. The Bertz CT molecular complexity index is 1120. The average molecular weight is 475 g/mol. The number of aliphatic hydroxyl groups is 2. The van der Waals surface area contributed by atoms with Crippen LogP contribution in [-0.2, 0) is 18.3 Å². The number of nitro groups is 1. The number of nitrogens with zero attached hydrogens (tertiary/aromatic N) is 2. The number of benzene rings is 1. The van der Waals surface area contributed by atoms with E-state index in [0.717, 1.165) is 29.0 Å². The number of aromatic amines is 1. The van der Waals surface area contributed by atoms with Gasteiger partial charge in [-0.05, 0) is 12.1 Å². The van der Waals surface area contributed by atoms with Gasteiger partial charge in [0.1, 0.15) is 24.1 Å². The quantitative estimate of drug-likeness (QED) is 0.152. The summed E-state index contributed by atoms with van der Waals surface area (Å²) in [5, 5.41) is 30.5. The lowest BCUT2D eigenvalue weighted by atomic mass is 10.1. The molecule has 0 radical (unpaired) electrons. The topological polar surface area (TPSA) is 213 Å². The number of aliphatic hydroxyl groups excluding tert-OH is 2. The first-order chi connectivity index (χ1) is 15.1. The highest BCUT2D eigenvalue weighted by atomic mass is 31.2.